The standard InChI is InChI=1S/C23H25N3O6/c1-28-17-5-6-20(31-4)15(9-17)12-26-13-16(10-21(26)27)23-24-22(25-32-23)14-7-18(29-2)11-19(8-14)30-3/h5-9,11,16H,10,12-13H2,1-4H3. The fourth-order valence-electron chi connectivity index (χ4n) is 3.76. The Bertz CT molecular complexity index is 1090. The molecule has 3 aromatic rings. The highest BCUT2D eigenvalue weighted by molar-refractivity contribution is 5.79. The summed E-state index contributed by atoms with van der Waals surface area (Å²) in [6, 6.07) is 10.9. The number of aromatic nitrogens is 2. The minimum atomic E-state index is -0.187. The van der Waals surface area contributed by atoms with E-state index in [-0.39, 0.29) is 11.8 Å². The normalized spacial score (nSPS) is 15.7. The molecule has 1 unspecified atom stereocenters. The number of hydrogen-bond donors (Lipinski definition) is 0. The first-order valence-corrected chi connectivity index (χ1v) is 10.1. The molecule has 1 aromatic heterocycles. The molecule has 2 heterocycles. The van der Waals surface area contributed by atoms with Crippen LogP contribution in [0.3, 0.4) is 0 Å². The third-order valence-electron chi connectivity index (χ3n) is 5.46. The number of hydrogen-bond acceptors (Lipinski definition) is 8. The van der Waals surface area contributed by atoms with Gasteiger partial charge >= 0.3 is 0 Å². The van der Waals surface area contributed by atoms with Crippen LogP contribution in [0.15, 0.2) is 40.9 Å². The van der Waals surface area contributed by atoms with Crippen molar-refractivity contribution in [1.82, 2.24) is 15.0 Å². The third kappa shape index (κ3) is 4.32. The molecular formula is C23H25N3O6. The average Bonchev–Trinajstić information content (AvgIpc) is 3.46. The Morgan fingerprint density at radius 3 is 2.34 bits per heavy atom. The first-order chi connectivity index (χ1) is 15.5. The first kappa shape index (κ1) is 21.5. The van der Waals surface area contributed by atoms with Crippen molar-refractivity contribution in [3.8, 4) is 34.4 Å². The molecule has 1 amide bonds. The van der Waals surface area contributed by atoms with E-state index in [9.17, 15) is 4.79 Å². The molecule has 4 rings (SSSR count). The highest BCUT2D eigenvalue weighted by Crippen LogP contribution is 2.33. The Hall–Kier alpha value is -3.75. The summed E-state index contributed by atoms with van der Waals surface area (Å²) in [5.74, 6) is 3.33. The van der Waals surface area contributed by atoms with E-state index in [0.717, 1.165) is 5.56 Å². The number of carbonyl (C=O) groups excluding carboxylic acids is 1. The van der Waals surface area contributed by atoms with Crippen molar-refractivity contribution in [1.29, 1.82) is 0 Å². The lowest BCUT2D eigenvalue weighted by Gasteiger charge is -2.18. The number of nitrogens with zero attached hydrogens (tertiary/aromatic N) is 3. The zero-order valence-electron chi connectivity index (χ0n) is 18.5. The molecule has 1 fully saturated rings. The van der Waals surface area contributed by atoms with E-state index in [1.54, 1.807) is 51.5 Å². The van der Waals surface area contributed by atoms with E-state index >= 15 is 0 Å². The number of likely N-dealkylation sites (tertiary alicyclic amines) is 1. The van der Waals surface area contributed by atoms with Gasteiger partial charge in [-0.1, -0.05) is 5.16 Å². The van der Waals surface area contributed by atoms with Crippen molar-refractivity contribution in [3.05, 3.63) is 47.9 Å². The molecule has 2 aromatic carbocycles. The maximum absolute atomic E-state index is 12.7. The molecule has 0 bridgehead atoms. The van der Waals surface area contributed by atoms with Crippen LogP contribution in [0.1, 0.15) is 23.8 Å². The molecule has 1 aliphatic rings. The molecule has 9 nitrogen and oxygen atoms in total. The lowest BCUT2D eigenvalue weighted by Crippen LogP contribution is -2.24. The van der Waals surface area contributed by atoms with Gasteiger partial charge in [-0.3, -0.25) is 4.79 Å². The lowest BCUT2D eigenvalue weighted by atomic mass is 10.1. The molecule has 32 heavy (non-hydrogen) atoms. The molecular weight excluding hydrogens is 414 g/mol. The summed E-state index contributed by atoms with van der Waals surface area (Å²) in [6.45, 7) is 0.881. The predicted octanol–water partition coefficient (Wildman–Crippen LogP) is 3.29. The van der Waals surface area contributed by atoms with Gasteiger partial charge in [-0.25, -0.2) is 0 Å². The minimum absolute atomic E-state index is 0.0164. The molecule has 0 radical (unpaired) electrons. The summed E-state index contributed by atoms with van der Waals surface area (Å²) in [5.41, 5.74) is 1.58. The monoisotopic (exact) mass is 439 g/mol. The second-order valence-electron chi connectivity index (χ2n) is 7.41. The van der Waals surface area contributed by atoms with Crippen LogP contribution in [0.25, 0.3) is 11.4 Å². The van der Waals surface area contributed by atoms with Crippen molar-refractivity contribution in [2.45, 2.75) is 18.9 Å². The second kappa shape index (κ2) is 9.17. The smallest absolute Gasteiger partial charge is 0.232 e. The van der Waals surface area contributed by atoms with Gasteiger partial charge in [0, 0.05) is 36.7 Å². The molecule has 1 atom stereocenters. The van der Waals surface area contributed by atoms with Crippen LogP contribution < -0.4 is 18.9 Å². The predicted molar refractivity (Wildman–Crippen MR) is 115 cm³/mol. The van der Waals surface area contributed by atoms with Crippen molar-refractivity contribution < 1.29 is 28.3 Å². The molecule has 168 valence electrons. The summed E-state index contributed by atoms with van der Waals surface area (Å²) in [5, 5.41) is 4.10. The largest absolute Gasteiger partial charge is 0.497 e. The summed E-state index contributed by atoms with van der Waals surface area (Å²) in [6.07, 6.45) is 0.301. The van der Waals surface area contributed by atoms with Crippen LogP contribution in [0.5, 0.6) is 23.0 Å². The maximum atomic E-state index is 12.7. The van der Waals surface area contributed by atoms with Crippen molar-refractivity contribution in [2.75, 3.05) is 35.0 Å². The van der Waals surface area contributed by atoms with E-state index in [2.05, 4.69) is 10.1 Å². The average molecular weight is 439 g/mol. The number of amides is 1. The SMILES string of the molecule is COc1cc(OC)cc(-c2noc(C3CC(=O)N(Cc4cc(OC)ccc4OC)C3)n2)c1. The van der Waals surface area contributed by atoms with Gasteiger partial charge in [0.15, 0.2) is 0 Å². The zero-order chi connectivity index (χ0) is 22.7. The van der Waals surface area contributed by atoms with Crippen LogP contribution in [-0.2, 0) is 11.3 Å². The molecule has 1 saturated heterocycles. The van der Waals surface area contributed by atoms with Gasteiger partial charge < -0.3 is 28.4 Å². The Kier molecular flexibility index (Phi) is 6.16. The number of methoxy groups -OCH3 is 4. The van der Waals surface area contributed by atoms with Gasteiger partial charge in [0.2, 0.25) is 17.6 Å². The molecule has 0 saturated carbocycles. The first-order valence-electron chi connectivity index (χ1n) is 10.1. The summed E-state index contributed by atoms with van der Waals surface area (Å²) >= 11 is 0. The van der Waals surface area contributed by atoms with Gasteiger partial charge in [0.05, 0.1) is 34.4 Å². The Morgan fingerprint density at radius 1 is 0.969 bits per heavy atom. The van der Waals surface area contributed by atoms with Gasteiger partial charge in [0.1, 0.15) is 23.0 Å². The fourth-order valence-corrected chi connectivity index (χ4v) is 3.76. The summed E-state index contributed by atoms with van der Waals surface area (Å²) in [4.78, 5) is 19.0. The van der Waals surface area contributed by atoms with E-state index in [4.69, 9.17) is 23.5 Å². The van der Waals surface area contributed by atoms with Crippen LogP contribution in [0.2, 0.25) is 0 Å². The van der Waals surface area contributed by atoms with Gasteiger partial charge in [0.25, 0.3) is 0 Å². The van der Waals surface area contributed by atoms with Crippen LogP contribution in [0.4, 0.5) is 0 Å². The quantitative estimate of drug-likeness (QED) is 0.528. The molecule has 0 N–H and O–H groups in total. The van der Waals surface area contributed by atoms with Gasteiger partial charge in [-0.15, -0.1) is 0 Å². The Balaban J connectivity index is 1.52. The fraction of sp³-hybridized carbons (Fsp3) is 0.348. The van der Waals surface area contributed by atoms with E-state index in [1.165, 1.54) is 0 Å². The Labute approximate surface area is 185 Å². The minimum Gasteiger partial charge on any atom is -0.497 e. The molecule has 1 aliphatic heterocycles. The maximum Gasteiger partial charge on any atom is 0.232 e. The van der Waals surface area contributed by atoms with Gasteiger partial charge in [-0.05, 0) is 30.3 Å². The van der Waals surface area contributed by atoms with Gasteiger partial charge in [-0.2, -0.15) is 4.98 Å². The number of benzene rings is 2. The summed E-state index contributed by atoms with van der Waals surface area (Å²) in [7, 11) is 6.37. The van der Waals surface area contributed by atoms with Crippen molar-refractivity contribution in [3.63, 3.8) is 0 Å². The number of ether oxygens (including phenoxy) is 4. The van der Waals surface area contributed by atoms with Crippen LogP contribution in [-0.4, -0.2) is 55.9 Å². The third-order valence-corrected chi connectivity index (χ3v) is 5.46. The van der Waals surface area contributed by atoms with Crippen molar-refractivity contribution in [2.24, 2.45) is 0 Å². The van der Waals surface area contributed by atoms with E-state index < -0.39 is 0 Å². The zero-order valence-corrected chi connectivity index (χ0v) is 18.5. The van der Waals surface area contributed by atoms with Crippen molar-refractivity contribution >= 4 is 5.91 Å². The number of rotatable bonds is 8. The van der Waals surface area contributed by atoms with Crippen LogP contribution in [0, 0.1) is 0 Å². The molecule has 0 spiro atoms. The molecule has 9 heteroatoms. The highest BCUT2D eigenvalue weighted by Gasteiger charge is 2.35. The summed E-state index contributed by atoms with van der Waals surface area (Å²) < 4.78 is 26.9. The van der Waals surface area contributed by atoms with Crippen LogP contribution >= 0.6 is 0 Å². The second-order valence-corrected chi connectivity index (χ2v) is 7.41. The lowest BCUT2D eigenvalue weighted by molar-refractivity contribution is -0.128. The van der Waals surface area contributed by atoms with E-state index in [1.807, 2.05) is 18.2 Å². The topological polar surface area (TPSA) is 96.2 Å². The number of carbonyl (C=O) groups is 1. The Morgan fingerprint density at radius 2 is 1.69 bits per heavy atom. The highest BCUT2D eigenvalue weighted by atomic mass is 16.5. The molecule has 0 aliphatic carbocycles. The van der Waals surface area contributed by atoms with E-state index in [0.29, 0.717) is 59.8 Å².